The van der Waals surface area contributed by atoms with Crippen LogP contribution in [0, 0.1) is 0 Å². The molecule has 2 aliphatic rings. The molecule has 2 nitrogen and oxygen atoms in total. The third-order valence-electron chi connectivity index (χ3n) is 3.55. The van der Waals surface area contributed by atoms with E-state index in [0.717, 1.165) is 38.8 Å². The molecule has 0 spiro atoms. The van der Waals surface area contributed by atoms with E-state index < -0.39 is 5.67 Å². The Labute approximate surface area is 79.3 Å². The lowest BCUT2D eigenvalue weighted by Gasteiger charge is -2.40. The van der Waals surface area contributed by atoms with Crippen LogP contribution < -0.4 is 10.6 Å². The van der Waals surface area contributed by atoms with E-state index in [1.54, 1.807) is 0 Å². The highest BCUT2D eigenvalue weighted by Gasteiger charge is 2.46. The van der Waals surface area contributed by atoms with Gasteiger partial charge in [-0.25, -0.2) is 4.39 Å². The second-order valence-corrected chi connectivity index (χ2v) is 4.36. The van der Waals surface area contributed by atoms with Crippen LogP contribution in [-0.2, 0) is 0 Å². The topological polar surface area (TPSA) is 24.1 Å². The molecule has 2 aliphatic heterocycles. The van der Waals surface area contributed by atoms with Crippen molar-refractivity contribution in [2.45, 2.75) is 50.4 Å². The van der Waals surface area contributed by atoms with Crippen LogP contribution in [0.4, 0.5) is 4.39 Å². The van der Waals surface area contributed by atoms with Crippen LogP contribution in [0.3, 0.4) is 0 Å². The molecule has 0 aromatic carbocycles. The number of nitrogens with one attached hydrogen (secondary N) is 2. The summed E-state index contributed by atoms with van der Waals surface area (Å²) in [5.74, 6) is 0. The third-order valence-corrected chi connectivity index (χ3v) is 3.55. The second-order valence-electron chi connectivity index (χ2n) is 4.36. The largest absolute Gasteiger partial charge is 0.311 e. The maximum Gasteiger partial charge on any atom is 0.141 e. The minimum absolute atomic E-state index is 0.0110. The SMILES string of the molecule is CC1NCCCC1(F)C1CCCN1. The predicted octanol–water partition coefficient (Wildman–Crippen LogP) is 1.22. The first-order chi connectivity index (χ1) is 6.23. The Morgan fingerprint density at radius 3 is 2.62 bits per heavy atom. The van der Waals surface area contributed by atoms with Crippen LogP contribution >= 0.6 is 0 Å². The molecule has 0 bridgehead atoms. The smallest absolute Gasteiger partial charge is 0.141 e. The van der Waals surface area contributed by atoms with E-state index in [-0.39, 0.29) is 12.1 Å². The fourth-order valence-electron chi connectivity index (χ4n) is 2.63. The molecule has 0 aliphatic carbocycles. The van der Waals surface area contributed by atoms with Gasteiger partial charge in [-0.15, -0.1) is 0 Å². The van der Waals surface area contributed by atoms with Gasteiger partial charge in [0.15, 0.2) is 0 Å². The maximum atomic E-state index is 14.5. The van der Waals surface area contributed by atoms with E-state index in [9.17, 15) is 4.39 Å². The highest BCUT2D eigenvalue weighted by molar-refractivity contribution is 5.03. The summed E-state index contributed by atoms with van der Waals surface area (Å²) >= 11 is 0. The average Bonchev–Trinajstić information content (AvgIpc) is 2.63. The Kier molecular flexibility index (Phi) is 2.56. The van der Waals surface area contributed by atoms with Gasteiger partial charge in [0, 0.05) is 12.1 Å². The summed E-state index contributed by atoms with van der Waals surface area (Å²) in [6.07, 6.45) is 3.82. The Balaban J connectivity index is 2.06. The van der Waals surface area contributed by atoms with Gasteiger partial charge in [0.05, 0.1) is 0 Å². The van der Waals surface area contributed by atoms with Crippen molar-refractivity contribution < 1.29 is 4.39 Å². The Morgan fingerprint density at radius 2 is 2.00 bits per heavy atom. The van der Waals surface area contributed by atoms with Gasteiger partial charge in [0.2, 0.25) is 0 Å². The van der Waals surface area contributed by atoms with Gasteiger partial charge in [-0.05, 0) is 45.7 Å². The first-order valence-electron chi connectivity index (χ1n) is 5.39. The molecule has 0 amide bonds. The number of alkyl halides is 1. The lowest BCUT2D eigenvalue weighted by molar-refractivity contribution is 0.0415. The van der Waals surface area contributed by atoms with Gasteiger partial charge < -0.3 is 10.6 Å². The van der Waals surface area contributed by atoms with Gasteiger partial charge in [0.1, 0.15) is 5.67 Å². The van der Waals surface area contributed by atoms with Crippen LogP contribution in [0.15, 0.2) is 0 Å². The Hall–Kier alpha value is -0.150. The minimum atomic E-state index is -1.01. The Morgan fingerprint density at radius 1 is 1.23 bits per heavy atom. The molecule has 3 unspecified atom stereocenters. The fraction of sp³-hybridized carbons (Fsp3) is 1.00. The van der Waals surface area contributed by atoms with Crippen LogP contribution in [0.2, 0.25) is 0 Å². The zero-order valence-corrected chi connectivity index (χ0v) is 8.28. The summed E-state index contributed by atoms with van der Waals surface area (Å²) in [4.78, 5) is 0. The number of halogens is 1. The van der Waals surface area contributed by atoms with Crippen molar-refractivity contribution in [3.8, 4) is 0 Å². The molecule has 0 aromatic heterocycles. The molecular formula is C10H19FN2. The lowest BCUT2D eigenvalue weighted by atomic mass is 9.81. The summed E-state index contributed by atoms with van der Waals surface area (Å²) in [5.41, 5.74) is -1.01. The molecule has 3 atom stereocenters. The standard InChI is InChI=1S/C10H19FN2/c1-8-10(11,5-3-7-12-8)9-4-2-6-13-9/h8-9,12-13H,2-7H2,1H3. The minimum Gasteiger partial charge on any atom is -0.311 e. The normalized spacial score (nSPS) is 46.6. The molecule has 3 heteroatoms. The third kappa shape index (κ3) is 1.59. The molecular weight excluding hydrogens is 167 g/mol. The predicted molar refractivity (Wildman–Crippen MR) is 51.6 cm³/mol. The van der Waals surface area contributed by atoms with Gasteiger partial charge in [-0.3, -0.25) is 0 Å². The number of hydrogen-bond acceptors (Lipinski definition) is 2. The van der Waals surface area contributed by atoms with E-state index >= 15 is 0 Å². The van der Waals surface area contributed by atoms with E-state index in [1.807, 2.05) is 6.92 Å². The van der Waals surface area contributed by atoms with E-state index in [2.05, 4.69) is 10.6 Å². The molecule has 2 fully saturated rings. The molecule has 2 rings (SSSR count). The number of piperidine rings is 1. The van der Waals surface area contributed by atoms with Gasteiger partial charge in [-0.1, -0.05) is 0 Å². The van der Waals surface area contributed by atoms with Gasteiger partial charge >= 0.3 is 0 Å². The zero-order chi connectivity index (χ0) is 9.31. The molecule has 2 saturated heterocycles. The van der Waals surface area contributed by atoms with Crippen LogP contribution in [-0.4, -0.2) is 30.8 Å². The molecule has 13 heavy (non-hydrogen) atoms. The summed E-state index contributed by atoms with van der Waals surface area (Å²) in [5, 5.41) is 6.52. The molecule has 0 saturated carbocycles. The summed E-state index contributed by atoms with van der Waals surface area (Å²) in [6, 6.07) is 0.104. The zero-order valence-electron chi connectivity index (χ0n) is 8.28. The van der Waals surface area contributed by atoms with Crippen LogP contribution in [0.5, 0.6) is 0 Å². The monoisotopic (exact) mass is 186 g/mol. The van der Waals surface area contributed by atoms with Crippen LogP contribution in [0.1, 0.15) is 32.6 Å². The highest BCUT2D eigenvalue weighted by atomic mass is 19.1. The molecule has 0 aromatic rings. The molecule has 76 valence electrons. The first-order valence-corrected chi connectivity index (χ1v) is 5.39. The second kappa shape index (κ2) is 3.54. The van der Waals surface area contributed by atoms with E-state index in [4.69, 9.17) is 0 Å². The maximum absolute atomic E-state index is 14.5. The van der Waals surface area contributed by atoms with E-state index in [0.29, 0.717) is 0 Å². The lowest BCUT2D eigenvalue weighted by Crippen LogP contribution is -2.59. The van der Waals surface area contributed by atoms with Crippen molar-refractivity contribution in [2.75, 3.05) is 13.1 Å². The molecule has 2 N–H and O–H groups in total. The fourth-order valence-corrected chi connectivity index (χ4v) is 2.63. The average molecular weight is 186 g/mol. The van der Waals surface area contributed by atoms with Crippen molar-refractivity contribution in [1.29, 1.82) is 0 Å². The first kappa shape index (κ1) is 9.41. The Bertz CT molecular complexity index is 180. The number of rotatable bonds is 1. The number of hydrogen-bond donors (Lipinski definition) is 2. The molecule has 2 heterocycles. The summed E-state index contributed by atoms with van der Waals surface area (Å²) in [7, 11) is 0. The summed E-state index contributed by atoms with van der Waals surface area (Å²) in [6.45, 7) is 3.93. The van der Waals surface area contributed by atoms with Gasteiger partial charge in [0.25, 0.3) is 0 Å². The van der Waals surface area contributed by atoms with Gasteiger partial charge in [-0.2, -0.15) is 0 Å². The van der Waals surface area contributed by atoms with Crippen molar-refractivity contribution >= 4 is 0 Å². The van der Waals surface area contributed by atoms with E-state index in [1.165, 1.54) is 0 Å². The van der Waals surface area contributed by atoms with Crippen LogP contribution in [0.25, 0.3) is 0 Å². The van der Waals surface area contributed by atoms with Crippen molar-refractivity contribution in [1.82, 2.24) is 10.6 Å². The van der Waals surface area contributed by atoms with Crippen molar-refractivity contribution in [2.24, 2.45) is 0 Å². The van der Waals surface area contributed by atoms with Crippen molar-refractivity contribution in [3.05, 3.63) is 0 Å². The van der Waals surface area contributed by atoms with Crippen molar-refractivity contribution in [3.63, 3.8) is 0 Å². The quantitative estimate of drug-likeness (QED) is 0.643. The highest BCUT2D eigenvalue weighted by Crippen LogP contribution is 2.33. The molecule has 0 radical (unpaired) electrons. The summed E-state index contributed by atoms with van der Waals surface area (Å²) < 4.78 is 14.5.